The largest absolute Gasteiger partial charge is 0.295 e. The Kier molecular flexibility index (Phi) is 4.35. The summed E-state index contributed by atoms with van der Waals surface area (Å²) in [6.07, 6.45) is 3.06. The van der Waals surface area contributed by atoms with Gasteiger partial charge in [0.1, 0.15) is 5.65 Å². The van der Waals surface area contributed by atoms with E-state index >= 15 is 0 Å². The first-order valence-corrected chi connectivity index (χ1v) is 9.27. The minimum absolute atomic E-state index is 0.196. The molecule has 0 bridgehead atoms. The van der Waals surface area contributed by atoms with Gasteiger partial charge in [-0.25, -0.2) is 9.97 Å². The number of benzene rings is 1. The number of hydrogen-bond donors (Lipinski definition) is 0. The molecule has 5 nitrogen and oxygen atoms in total. The van der Waals surface area contributed by atoms with Gasteiger partial charge in [-0.05, 0) is 18.2 Å². The van der Waals surface area contributed by atoms with Crippen LogP contribution in [0.2, 0.25) is 5.02 Å². The maximum atomic E-state index is 12.7. The molecule has 3 aromatic rings. The first-order chi connectivity index (χ1) is 10.9. The van der Waals surface area contributed by atoms with Crippen LogP contribution in [0.4, 0.5) is 0 Å². The van der Waals surface area contributed by atoms with E-state index < -0.39 is 10.8 Å². The van der Waals surface area contributed by atoms with Gasteiger partial charge in [0.15, 0.2) is 0 Å². The lowest BCUT2D eigenvalue weighted by molar-refractivity contribution is 0.679. The van der Waals surface area contributed by atoms with Gasteiger partial charge in [0.25, 0.3) is 5.56 Å². The van der Waals surface area contributed by atoms with E-state index in [0.29, 0.717) is 27.2 Å². The smallest absolute Gasteiger partial charge is 0.259 e. The molecule has 2 aromatic heterocycles. The van der Waals surface area contributed by atoms with Crippen LogP contribution in [-0.2, 0) is 17.8 Å². The van der Waals surface area contributed by atoms with Crippen molar-refractivity contribution in [2.75, 3.05) is 6.26 Å². The number of aryl methyl sites for hydroxylation is 1. The third-order valence-corrected chi connectivity index (χ3v) is 4.92. The zero-order valence-electron chi connectivity index (χ0n) is 12.2. The fourth-order valence-corrected chi connectivity index (χ4v) is 3.46. The second-order valence-corrected chi connectivity index (χ2v) is 7.53. The van der Waals surface area contributed by atoms with E-state index in [1.165, 1.54) is 10.8 Å². The molecule has 0 spiro atoms. The maximum absolute atomic E-state index is 12.7. The first-order valence-electron chi connectivity index (χ1n) is 6.54. The minimum atomic E-state index is -1.31. The van der Waals surface area contributed by atoms with Crippen LogP contribution in [0.5, 0.6) is 0 Å². The number of rotatable bonds is 2. The highest BCUT2D eigenvalue weighted by Gasteiger charge is 2.14. The van der Waals surface area contributed by atoms with E-state index in [9.17, 15) is 9.00 Å². The van der Waals surface area contributed by atoms with E-state index in [-0.39, 0.29) is 10.7 Å². The molecule has 0 fully saturated rings. The lowest BCUT2D eigenvalue weighted by Gasteiger charge is -2.10. The van der Waals surface area contributed by atoms with Gasteiger partial charge < -0.3 is 0 Å². The highest BCUT2D eigenvalue weighted by atomic mass is 79.9. The molecular weight excluding hydrogens is 402 g/mol. The van der Waals surface area contributed by atoms with E-state index in [2.05, 4.69) is 25.9 Å². The Labute approximate surface area is 147 Å². The van der Waals surface area contributed by atoms with Crippen molar-refractivity contribution in [1.82, 2.24) is 14.5 Å². The van der Waals surface area contributed by atoms with Crippen LogP contribution in [-0.4, -0.2) is 25.0 Å². The molecule has 0 aliphatic carbocycles. The van der Waals surface area contributed by atoms with Crippen LogP contribution in [0.25, 0.3) is 22.2 Å². The van der Waals surface area contributed by atoms with Crippen molar-refractivity contribution >= 4 is 49.4 Å². The monoisotopic (exact) mass is 411 g/mol. The van der Waals surface area contributed by atoms with Crippen molar-refractivity contribution in [2.45, 2.75) is 5.16 Å². The van der Waals surface area contributed by atoms with Gasteiger partial charge in [0.05, 0.1) is 10.8 Å². The van der Waals surface area contributed by atoms with Gasteiger partial charge in [-0.1, -0.05) is 33.6 Å². The van der Waals surface area contributed by atoms with Gasteiger partial charge in [0.2, 0.25) is 5.16 Å². The summed E-state index contributed by atoms with van der Waals surface area (Å²) < 4.78 is 13.8. The standard InChI is InChI=1S/C15H11BrClN3O2S/c1-20-13-8(7-18-15(19-13)23(2)22)5-11(14(20)21)10-4-3-9(16)6-12(10)17/h3-7H,1-2H3. The molecule has 0 radical (unpaired) electrons. The topological polar surface area (TPSA) is 64.8 Å². The molecule has 2 heterocycles. The summed E-state index contributed by atoms with van der Waals surface area (Å²) in [5.41, 5.74) is 1.31. The second-order valence-electron chi connectivity index (χ2n) is 4.93. The highest BCUT2D eigenvalue weighted by Crippen LogP contribution is 2.29. The molecule has 0 N–H and O–H groups in total. The summed E-state index contributed by atoms with van der Waals surface area (Å²) in [6, 6.07) is 7.05. The number of fused-ring (bicyclic) bond motifs is 1. The fourth-order valence-electron chi connectivity index (χ4n) is 2.27. The molecule has 1 unspecified atom stereocenters. The molecule has 118 valence electrons. The maximum Gasteiger partial charge on any atom is 0.259 e. The van der Waals surface area contributed by atoms with Crippen molar-refractivity contribution in [3.8, 4) is 11.1 Å². The fraction of sp³-hybridized carbons (Fsp3) is 0.133. The number of aromatic nitrogens is 3. The lowest BCUT2D eigenvalue weighted by Crippen LogP contribution is -2.20. The Bertz CT molecular complexity index is 1020. The van der Waals surface area contributed by atoms with E-state index in [0.717, 1.165) is 4.47 Å². The van der Waals surface area contributed by atoms with Gasteiger partial charge in [-0.15, -0.1) is 0 Å². The molecule has 8 heteroatoms. The summed E-state index contributed by atoms with van der Waals surface area (Å²) >= 11 is 9.60. The van der Waals surface area contributed by atoms with E-state index in [1.54, 1.807) is 31.4 Å². The van der Waals surface area contributed by atoms with Gasteiger partial charge >= 0.3 is 0 Å². The summed E-state index contributed by atoms with van der Waals surface area (Å²) in [4.78, 5) is 21.0. The molecule has 0 saturated carbocycles. The predicted octanol–water partition coefficient (Wildman–Crippen LogP) is 3.15. The summed E-state index contributed by atoms with van der Waals surface area (Å²) in [5, 5.41) is 1.35. The van der Waals surface area contributed by atoms with Crippen molar-refractivity contribution in [2.24, 2.45) is 7.05 Å². The Balaban J connectivity index is 2.32. The summed E-state index contributed by atoms with van der Waals surface area (Å²) in [6.45, 7) is 0. The molecule has 1 atom stereocenters. The normalized spacial score (nSPS) is 12.5. The number of hydrogen-bond acceptors (Lipinski definition) is 4. The second kappa shape index (κ2) is 6.14. The van der Waals surface area contributed by atoms with Crippen molar-refractivity contribution < 1.29 is 4.21 Å². The van der Waals surface area contributed by atoms with Crippen LogP contribution in [0.1, 0.15) is 0 Å². The predicted molar refractivity (Wildman–Crippen MR) is 95.3 cm³/mol. The molecule has 0 aliphatic rings. The van der Waals surface area contributed by atoms with Crippen LogP contribution in [0.3, 0.4) is 0 Å². The van der Waals surface area contributed by atoms with Crippen molar-refractivity contribution in [3.05, 3.63) is 50.3 Å². The zero-order valence-corrected chi connectivity index (χ0v) is 15.4. The Morgan fingerprint density at radius 3 is 2.65 bits per heavy atom. The molecule has 3 rings (SSSR count). The molecule has 0 aliphatic heterocycles. The zero-order chi connectivity index (χ0) is 16.7. The molecule has 23 heavy (non-hydrogen) atoms. The molecule has 0 amide bonds. The van der Waals surface area contributed by atoms with Crippen LogP contribution < -0.4 is 5.56 Å². The minimum Gasteiger partial charge on any atom is -0.295 e. The van der Waals surface area contributed by atoms with Crippen LogP contribution in [0, 0.1) is 0 Å². The number of halogens is 2. The molecule has 1 aromatic carbocycles. The van der Waals surface area contributed by atoms with Crippen molar-refractivity contribution in [3.63, 3.8) is 0 Å². The molecular formula is C15H11BrClN3O2S. The SMILES string of the molecule is Cn1c(=O)c(-c2ccc(Br)cc2Cl)cc2cnc(S(C)=O)nc21. The number of pyridine rings is 1. The Morgan fingerprint density at radius 2 is 2.00 bits per heavy atom. The quantitative estimate of drug-likeness (QED) is 0.607. The van der Waals surface area contributed by atoms with E-state index in [4.69, 9.17) is 11.6 Å². The van der Waals surface area contributed by atoms with Gasteiger partial charge in [0, 0.05) is 45.5 Å². The number of nitrogens with zero attached hydrogens (tertiary/aromatic N) is 3. The third-order valence-electron chi connectivity index (χ3n) is 3.40. The third kappa shape index (κ3) is 2.96. The Hall–Kier alpha value is -1.57. The van der Waals surface area contributed by atoms with E-state index in [1.807, 2.05) is 6.07 Å². The average Bonchev–Trinajstić information content (AvgIpc) is 2.51. The summed E-state index contributed by atoms with van der Waals surface area (Å²) in [7, 11) is 0.310. The molecule has 0 saturated heterocycles. The van der Waals surface area contributed by atoms with Gasteiger partial charge in [-0.2, -0.15) is 0 Å². The van der Waals surface area contributed by atoms with Crippen molar-refractivity contribution in [1.29, 1.82) is 0 Å². The van der Waals surface area contributed by atoms with Crippen LogP contribution in [0.15, 0.2) is 44.9 Å². The Morgan fingerprint density at radius 1 is 1.26 bits per heavy atom. The average molecular weight is 413 g/mol. The lowest BCUT2D eigenvalue weighted by atomic mass is 10.1. The highest BCUT2D eigenvalue weighted by molar-refractivity contribution is 9.10. The van der Waals surface area contributed by atoms with Crippen LogP contribution >= 0.6 is 27.5 Å². The summed E-state index contributed by atoms with van der Waals surface area (Å²) in [5.74, 6) is 0. The van der Waals surface area contributed by atoms with Gasteiger partial charge in [-0.3, -0.25) is 13.6 Å². The first kappa shape index (κ1) is 16.3.